The van der Waals surface area contributed by atoms with Gasteiger partial charge in [-0.15, -0.1) is 0 Å². The predicted octanol–water partition coefficient (Wildman–Crippen LogP) is 0.698. The van der Waals surface area contributed by atoms with Crippen molar-refractivity contribution in [3.8, 4) is 0 Å². The Labute approximate surface area is 101 Å². The largest absolute Gasteiger partial charge is 0.475 e. The third-order valence-electron chi connectivity index (χ3n) is 2.09. The Balaban J connectivity index is 1.95. The van der Waals surface area contributed by atoms with Gasteiger partial charge in [-0.3, -0.25) is 9.78 Å². The van der Waals surface area contributed by atoms with Crippen molar-refractivity contribution in [3.05, 3.63) is 47.9 Å². The minimum Gasteiger partial charge on any atom is -0.475 e. The Morgan fingerprint density at radius 2 is 2.17 bits per heavy atom. The fraction of sp³-hybridized carbons (Fsp3) is 0.0909. The predicted molar refractivity (Wildman–Crippen MR) is 58.9 cm³/mol. The summed E-state index contributed by atoms with van der Waals surface area (Å²) < 4.78 is 4.98. The molecule has 1 amide bonds. The number of carboxylic acid groups (broad SMARTS) is 1. The summed E-state index contributed by atoms with van der Waals surface area (Å²) in [6.45, 7) is 0.0860. The molecule has 7 nitrogen and oxygen atoms in total. The molecule has 2 heterocycles. The second-order valence-electron chi connectivity index (χ2n) is 3.34. The average molecular weight is 247 g/mol. The van der Waals surface area contributed by atoms with Crippen LogP contribution < -0.4 is 5.32 Å². The van der Waals surface area contributed by atoms with Crippen LogP contribution in [-0.4, -0.2) is 27.0 Å². The molecule has 92 valence electrons. The van der Waals surface area contributed by atoms with Crippen molar-refractivity contribution >= 4 is 11.9 Å². The van der Waals surface area contributed by atoms with Gasteiger partial charge >= 0.3 is 5.97 Å². The summed E-state index contributed by atoms with van der Waals surface area (Å²) in [5.74, 6) is -1.37. The van der Waals surface area contributed by atoms with Crippen LogP contribution in [0.4, 0.5) is 0 Å². The zero-order chi connectivity index (χ0) is 13.0. The molecule has 2 aromatic heterocycles. The standard InChI is InChI=1S/C11H9N3O4/c15-10(8-6-12-3-4-13-8)14-5-7-1-2-9(18-7)11(16)17/h1-4,6H,5H2,(H,14,15)(H,16,17). The van der Waals surface area contributed by atoms with Crippen LogP contribution >= 0.6 is 0 Å². The molecule has 0 saturated carbocycles. The number of amides is 1. The summed E-state index contributed by atoms with van der Waals surface area (Å²) in [6, 6.07) is 2.81. The molecule has 0 spiro atoms. The molecule has 7 heteroatoms. The van der Waals surface area contributed by atoms with E-state index >= 15 is 0 Å². The summed E-state index contributed by atoms with van der Waals surface area (Å²) in [5, 5.41) is 11.2. The molecule has 18 heavy (non-hydrogen) atoms. The van der Waals surface area contributed by atoms with Crippen LogP contribution in [0.25, 0.3) is 0 Å². The number of aromatic nitrogens is 2. The van der Waals surface area contributed by atoms with Crippen LogP contribution in [0.1, 0.15) is 26.8 Å². The lowest BCUT2D eigenvalue weighted by atomic mass is 10.4. The van der Waals surface area contributed by atoms with Gasteiger partial charge < -0.3 is 14.8 Å². The van der Waals surface area contributed by atoms with Gasteiger partial charge in [0.2, 0.25) is 5.76 Å². The van der Waals surface area contributed by atoms with E-state index in [4.69, 9.17) is 9.52 Å². The van der Waals surface area contributed by atoms with Gasteiger partial charge in [0.05, 0.1) is 12.7 Å². The van der Waals surface area contributed by atoms with Crippen molar-refractivity contribution in [2.24, 2.45) is 0 Å². The van der Waals surface area contributed by atoms with Gasteiger partial charge in [-0.25, -0.2) is 9.78 Å². The molecule has 2 N–H and O–H groups in total. The summed E-state index contributed by atoms with van der Waals surface area (Å²) in [4.78, 5) is 29.8. The zero-order valence-electron chi connectivity index (χ0n) is 9.16. The van der Waals surface area contributed by atoms with Gasteiger partial charge in [-0.2, -0.15) is 0 Å². The maximum absolute atomic E-state index is 11.6. The van der Waals surface area contributed by atoms with Crippen molar-refractivity contribution in [1.82, 2.24) is 15.3 Å². The van der Waals surface area contributed by atoms with Crippen molar-refractivity contribution in [2.75, 3.05) is 0 Å². The fourth-order valence-corrected chi connectivity index (χ4v) is 1.26. The van der Waals surface area contributed by atoms with E-state index in [-0.39, 0.29) is 18.0 Å². The highest BCUT2D eigenvalue weighted by Gasteiger charge is 2.11. The number of aromatic carboxylic acids is 1. The van der Waals surface area contributed by atoms with Crippen molar-refractivity contribution in [1.29, 1.82) is 0 Å². The van der Waals surface area contributed by atoms with Gasteiger partial charge in [0.25, 0.3) is 5.91 Å². The second kappa shape index (κ2) is 5.09. The number of hydrogen-bond donors (Lipinski definition) is 2. The van der Waals surface area contributed by atoms with E-state index in [2.05, 4.69) is 15.3 Å². The molecule has 0 atom stereocenters. The number of carboxylic acids is 1. The SMILES string of the molecule is O=C(NCc1ccc(C(=O)O)o1)c1cnccn1. The van der Waals surface area contributed by atoms with Crippen LogP contribution in [0, 0.1) is 0 Å². The normalized spacial score (nSPS) is 10.0. The van der Waals surface area contributed by atoms with Gasteiger partial charge in [-0.05, 0) is 12.1 Å². The van der Waals surface area contributed by atoms with E-state index in [0.717, 1.165) is 0 Å². The lowest BCUT2D eigenvalue weighted by Crippen LogP contribution is -2.23. The summed E-state index contributed by atoms with van der Waals surface area (Å²) in [6.07, 6.45) is 4.20. The Morgan fingerprint density at radius 1 is 1.33 bits per heavy atom. The number of hydrogen-bond acceptors (Lipinski definition) is 5. The molecule has 0 unspecified atom stereocenters. The van der Waals surface area contributed by atoms with Crippen LogP contribution in [-0.2, 0) is 6.54 Å². The first kappa shape index (κ1) is 11.8. The molecule has 0 aliphatic carbocycles. The third kappa shape index (κ3) is 2.70. The Hall–Kier alpha value is -2.70. The van der Waals surface area contributed by atoms with Gasteiger partial charge in [-0.1, -0.05) is 0 Å². The van der Waals surface area contributed by atoms with Crippen LogP contribution in [0.15, 0.2) is 35.1 Å². The minimum absolute atomic E-state index is 0.0860. The number of nitrogens with one attached hydrogen (secondary N) is 1. The number of furan rings is 1. The zero-order valence-corrected chi connectivity index (χ0v) is 9.16. The number of carbonyl (C=O) groups excluding carboxylic acids is 1. The molecule has 0 aliphatic heterocycles. The third-order valence-corrected chi connectivity index (χ3v) is 2.09. The lowest BCUT2D eigenvalue weighted by molar-refractivity contribution is 0.0660. The monoisotopic (exact) mass is 247 g/mol. The first-order valence-electron chi connectivity index (χ1n) is 5.03. The van der Waals surface area contributed by atoms with E-state index < -0.39 is 11.9 Å². The van der Waals surface area contributed by atoms with E-state index in [1.54, 1.807) is 0 Å². The average Bonchev–Trinajstić information content (AvgIpc) is 2.86. The molecular weight excluding hydrogens is 238 g/mol. The number of rotatable bonds is 4. The fourth-order valence-electron chi connectivity index (χ4n) is 1.26. The number of carbonyl (C=O) groups is 2. The molecule has 0 fully saturated rings. The highest BCUT2D eigenvalue weighted by molar-refractivity contribution is 5.91. The van der Waals surface area contributed by atoms with E-state index in [0.29, 0.717) is 5.76 Å². The van der Waals surface area contributed by atoms with Crippen LogP contribution in [0.5, 0.6) is 0 Å². The van der Waals surface area contributed by atoms with E-state index in [9.17, 15) is 9.59 Å². The van der Waals surface area contributed by atoms with Crippen molar-refractivity contribution in [2.45, 2.75) is 6.54 Å². The highest BCUT2D eigenvalue weighted by atomic mass is 16.4. The topological polar surface area (TPSA) is 105 Å². The second-order valence-corrected chi connectivity index (χ2v) is 3.34. The van der Waals surface area contributed by atoms with Crippen molar-refractivity contribution in [3.63, 3.8) is 0 Å². The molecule has 0 aliphatic rings. The van der Waals surface area contributed by atoms with Gasteiger partial charge in [0.15, 0.2) is 0 Å². The Kier molecular flexibility index (Phi) is 3.33. The summed E-state index contributed by atoms with van der Waals surface area (Å²) in [5.41, 5.74) is 0.183. The molecule has 2 rings (SSSR count). The molecular formula is C11H9N3O4. The summed E-state index contributed by atoms with van der Waals surface area (Å²) in [7, 11) is 0. The molecule has 0 radical (unpaired) electrons. The minimum atomic E-state index is -1.15. The first-order chi connectivity index (χ1) is 8.66. The van der Waals surface area contributed by atoms with Gasteiger partial charge in [0.1, 0.15) is 11.5 Å². The Morgan fingerprint density at radius 3 is 2.78 bits per heavy atom. The molecule has 0 bridgehead atoms. The van der Waals surface area contributed by atoms with Crippen LogP contribution in [0.3, 0.4) is 0 Å². The summed E-state index contributed by atoms with van der Waals surface area (Å²) >= 11 is 0. The smallest absolute Gasteiger partial charge is 0.371 e. The van der Waals surface area contributed by atoms with E-state index in [1.807, 2.05) is 0 Å². The van der Waals surface area contributed by atoms with Gasteiger partial charge in [0, 0.05) is 12.4 Å². The van der Waals surface area contributed by atoms with E-state index in [1.165, 1.54) is 30.7 Å². The lowest BCUT2D eigenvalue weighted by Gasteiger charge is -2.01. The van der Waals surface area contributed by atoms with Crippen LogP contribution in [0.2, 0.25) is 0 Å². The molecule has 0 saturated heterocycles. The van der Waals surface area contributed by atoms with Crippen molar-refractivity contribution < 1.29 is 19.1 Å². The maximum atomic E-state index is 11.6. The Bertz CT molecular complexity index is 565. The first-order valence-corrected chi connectivity index (χ1v) is 5.03. The highest BCUT2D eigenvalue weighted by Crippen LogP contribution is 2.07. The maximum Gasteiger partial charge on any atom is 0.371 e. The quantitative estimate of drug-likeness (QED) is 0.823. The molecule has 0 aromatic carbocycles. The number of nitrogens with zero attached hydrogens (tertiary/aromatic N) is 2. The molecule has 2 aromatic rings.